The molecule has 0 aromatic carbocycles. The first-order valence-corrected chi connectivity index (χ1v) is 10.2. The molecule has 1 saturated heterocycles. The Morgan fingerprint density at radius 2 is 1.42 bits per heavy atom. The average molecular weight is 434 g/mol. The minimum atomic E-state index is -1.46. The summed E-state index contributed by atoms with van der Waals surface area (Å²) in [5.41, 5.74) is 0. The topological polar surface area (TPSA) is 156 Å². The van der Waals surface area contributed by atoms with Gasteiger partial charge in [-0.3, -0.25) is 20.1 Å². The molecule has 2 aliphatic heterocycles. The first kappa shape index (κ1) is 21.6. The highest BCUT2D eigenvalue weighted by atomic mass is 32.2. The van der Waals surface area contributed by atoms with Crippen LogP contribution in [0.3, 0.4) is 0 Å². The summed E-state index contributed by atoms with van der Waals surface area (Å²) >= 11 is 4.95. The van der Waals surface area contributed by atoms with E-state index in [1.54, 1.807) is 18.2 Å². The molecule has 14 heteroatoms. The number of rotatable bonds is 2. The standard InChI is InChI=1S/C6H6B2O4S2.C6H4O2S2.H2O2/c9-7(10)5-1-3-4(14-5)2-6(13-3)8(11)12;7-5-1-3-4(10-5)2-6(8)9-3;1-2/h1-2,9-12H;1,4H,2H2;1-2H. The fourth-order valence-corrected chi connectivity index (χ4v) is 6.55. The monoisotopic (exact) mass is 434 g/mol. The quantitative estimate of drug-likeness (QED) is 0.207. The summed E-state index contributed by atoms with van der Waals surface area (Å²) in [5.74, 6) is 0. The molecule has 26 heavy (non-hydrogen) atoms. The van der Waals surface area contributed by atoms with Crippen molar-refractivity contribution < 1.29 is 40.2 Å². The molecule has 1 fully saturated rings. The van der Waals surface area contributed by atoms with Crippen LogP contribution >= 0.6 is 46.2 Å². The molecule has 8 nitrogen and oxygen atoms in total. The molecule has 0 spiro atoms. The number of hydrogen-bond acceptors (Lipinski definition) is 12. The van der Waals surface area contributed by atoms with Gasteiger partial charge < -0.3 is 20.1 Å². The van der Waals surface area contributed by atoms with Gasteiger partial charge >= 0.3 is 14.2 Å². The van der Waals surface area contributed by atoms with Crippen LogP contribution in [0, 0.1) is 0 Å². The second-order valence-electron chi connectivity index (χ2n) is 4.92. The van der Waals surface area contributed by atoms with Crippen molar-refractivity contribution in [3.05, 3.63) is 23.1 Å². The Hall–Kier alpha value is -0.670. The molecule has 0 saturated carbocycles. The van der Waals surface area contributed by atoms with Crippen LogP contribution in [-0.2, 0) is 9.59 Å². The van der Waals surface area contributed by atoms with Crippen molar-refractivity contribution >= 4 is 89.6 Å². The van der Waals surface area contributed by atoms with Gasteiger partial charge in [-0.2, -0.15) is 0 Å². The van der Waals surface area contributed by atoms with Gasteiger partial charge in [-0.25, -0.2) is 0 Å². The zero-order chi connectivity index (χ0) is 19.4. The minimum absolute atomic E-state index is 0.0972. The van der Waals surface area contributed by atoms with E-state index >= 15 is 0 Å². The van der Waals surface area contributed by atoms with Crippen molar-refractivity contribution in [2.75, 3.05) is 0 Å². The third-order valence-corrected chi connectivity index (χ3v) is 7.78. The van der Waals surface area contributed by atoms with Gasteiger partial charge in [0.25, 0.3) is 0 Å². The first-order valence-electron chi connectivity index (χ1n) is 6.92. The summed E-state index contributed by atoms with van der Waals surface area (Å²) in [6.45, 7) is 0. The number of carbonyl (C=O) groups excluding carboxylic acids is 2. The van der Waals surface area contributed by atoms with Crippen molar-refractivity contribution in [1.82, 2.24) is 0 Å². The van der Waals surface area contributed by atoms with E-state index in [0.717, 1.165) is 14.3 Å². The maximum Gasteiger partial charge on any atom is 0.499 e. The van der Waals surface area contributed by atoms with Crippen molar-refractivity contribution in [3.63, 3.8) is 0 Å². The molecular weight excluding hydrogens is 422 g/mol. The van der Waals surface area contributed by atoms with Crippen LogP contribution in [-0.4, -0.2) is 60.3 Å². The van der Waals surface area contributed by atoms with Gasteiger partial charge in [0.05, 0.1) is 5.25 Å². The van der Waals surface area contributed by atoms with E-state index in [4.69, 9.17) is 30.6 Å². The molecule has 0 aliphatic carbocycles. The highest BCUT2D eigenvalue weighted by molar-refractivity contribution is 8.22. The lowest BCUT2D eigenvalue weighted by molar-refractivity contribution is -0.176. The van der Waals surface area contributed by atoms with Crippen LogP contribution in [0.2, 0.25) is 0 Å². The van der Waals surface area contributed by atoms with E-state index in [-0.39, 0.29) is 15.5 Å². The fraction of sp³-hybridized carbons (Fsp3) is 0.167. The molecule has 0 bridgehead atoms. The predicted molar refractivity (Wildman–Crippen MR) is 106 cm³/mol. The third-order valence-electron chi connectivity index (χ3n) is 3.17. The first-order chi connectivity index (χ1) is 12.3. The van der Waals surface area contributed by atoms with Crippen molar-refractivity contribution in [1.29, 1.82) is 0 Å². The van der Waals surface area contributed by atoms with Crippen LogP contribution in [0.4, 0.5) is 0 Å². The van der Waals surface area contributed by atoms with Crippen LogP contribution in [0.1, 0.15) is 6.42 Å². The maximum atomic E-state index is 10.8. The smallest absolute Gasteiger partial charge is 0.423 e. The molecule has 0 amide bonds. The molecule has 1 unspecified atom stereocenters. The highest BCUT2D eigenvalue weighted by Crippen LogP contribution is 2.44. The van der Waals surface area contributed by atoms with Crippen LogP contribution in [0.25, 0.3) is 9.40 Å². The average Bonchev–Trinajstić information content (AvgIpc) is 3.27. The largest absolute Gasteiger partial charge is 0.499 e. The van der Waals surface area contributed by atoms with E-state index in [2.05, 4.69) is 0 Å². The normalized spacial score (nSPS) is 17.9. The van der Waals surface area contributed by atoms with Gasteiger partial charge in [0.1, 0.15) is 0 Å². The number of fused-ring (bicyclic) bond motifs is 2. The van der Waals surface area contributed by atoms with Crippen LogP contribution < -0.4 is 9.55 Å². The number of thiophene rings is 2. The van der Waals surface area contributed by atoms with Gasteiger partial charge in [0.15, 0.2) is 5.12 Å². The van der Waals surface area contributed by atoms with Gasteiger partial charge in [0, 0.05) is 36.4 Å². The fourth-order valence-electron chi connectivity index (χ4n) is 2.13. The molecule has 138 valence electrons. The van der Waals surface area contributed by atoms with E-state index in [1.165, 1.54) is 46.2 Å². The lowest BCUT2D eigenvalue weighted by Crippen LogP contribution is -2.27. The lowest BCUT2D eigenvalue weighted by Gasteiger charge is -1.94. The van der Waals surface area contributed by atoms with Crippen LogP contribution in [0.5, 0.6) is 0 Å². The molecular formula is C12H12B2O8S4. The Labute approximate surface area is 164 Å². The van der Waals surface area contributed by atoms with E-state index in [1.807, 2.05) is 0 Å². The maximum absolute atomic E-state index is 10.8. The second-order valence-corrected chi connectivity index (χ2v) is 9.49. The Morgan fingerprint density at radius 1 is 0.923 bits per heavy atom. The summed E-state index contributed by atoms with van der Waals surface area (Å²) in [7, 11) is -2.91. The van der Waals surface area contributed by atoms with Crippen molar-refractivity contribution in [2.24, 2.45) is 0 Å². The van der Waals surface area contributed by atoms with Gasteiger partial charge in [-0.05, 0) is 12.1 Å². The number of hydrogen-bond donors (Lipinski definition) is 6. The summed E-state index contributed by atoms with van der Waals surface area (Å²) in [6.07, 6.45) is 2.11. The summed E-state index contributed by atoms with van der Waals surface area (Å²) < 4.78 is 2.60. The Balaban J connectivity index is 0.000000178. The molecule has 4 rings (SSSR count). The van der Waals surface area contributed by atoms with Gasteiger partial charge in [-0.1, -0.05) is 23.5 Å². The summed E-state index contributed by atoms with van der Waals surface area (Å²) in [5, 5.41) is 48.0. The van der Waals surface area contributed by atoms with E-state index in [9.17, 15) is 9.59 Å². The lowest BCUT2D eigenvalue weighted by atomic mass is 9.89. The summed E-state index contributed by atoms with van der Waals surface area (Å²) in [6, 6.07) is 3.28. The Kier molecular flexibility index (Phi) is 7.90. The minimum Gasteiger partial charge on any atom is -0.423 e. The molecule has 2 aromatic rings. The highest BCUT2D eigenvalue weighted by Gasteiger charge is 2.35. The molecule has 0 radical (unpaired) electrons. The van der Waals surface area contributed by atoms with Crippen molar-refractivity contribution in [3.8, 4) is 0 Å². The molecule has 1 atom stereocenters. The zero-order valence-corrected chi connectivity index (χ0v) is 16.1. The number of thioether (sulfide) groups is 2. The molecule has 2 aliphatic rings. The van der Waals surface area contributed by atoms with E-state index in [0.29, 0.717) is 16.0 Å². The Morgan fingerprint density at radius 3 is 1.85 bits per heavy atom. The SMILES string of the molecule is O=C1C=C2SC(=O)CC2S1.OB(O)c1cc2sc(B(O)O)cc2s1.OO. The second kappa shape index (κ2) is 9.50. The number of carbonyl (C=O) groups is 2. The zero-order valence-electron chi connectivity index (χ0n) is 12.8. The predicted octanol–water partition coefficient (Wildman–Crippen LogP) is -0.484. The molecule has 4 heterocycles. The van der Waals surface area contributed by atoms with Gasteiger partial charge in [-0.15, -0.1) is 22.7 Å². The Bertz CT molecular complexity index is 761. The molecule has 2 aromatic heterocycles. The van der Waals surface area contributed by atoms with E-state index < -0.39 is 14.2 Å². The summed E-state index contributed by atoms with van der Waals surface area (Å²) in [4.78, 5) is 22.4. The van der Waals surface area contributed by atoms with Gasteiger partial charge in [0.2, 0.25) is 5.12 Å². The molecule has 6 N–H and O–H groups in total. The third kappa shape index (κ3) is 5.19. The van der Waals surface area contributed by atoms with Crippen molar-refractivity contribution in [2.45, 2.75) is 11.7 Å². The van der Waals surface area contributed by atoms with Crippen LogP contribution in [0.15, 0.2) is 23.1 Å².